The average Bonchev–Trinajstić information content (AvgIpc) is 3.07. The van der Waals surface area contributed by atoms with E-state index in [-0.39, 0.29) is 18.1 Å². The maximum absolute atomic E-state index is 12.0. The molecule has 0 amide bonds. The van der Waals surface area contributed by atoms with Crippen molar-refractivity contribution in [2.75, 3.05) is 0 Å². The smallest absolute Gasteiger partial charge is 0.234 e. The summed E-state index contributed by atoms with van der Waals surface area (Å²) in [6.45, 7) is 0. The summed E-state index contributed by atoms with van der Waals surface area (Å²) in [6.07, 6.45) is 4.61. The van der Waals surface area contributed by atoms with E-state index in [0.29, 0.717) is 11.7 Å². The summed E-state index contributed by atoms with van der Waals surface area (Å²) in [6, 6.07) is 1.94. The number of nitrogens with zero attached hydrogens (tertiary/aromatic N) is 2. The first-order valence-corrected chi connectivity index (χ1v) is 7.99. The summed E-state index contributed by atoms with van der Waals surface area (Å²) in [5.74, 6) is 1.42. The van der Waals surface area contributed by atoms with Crippen molar-refractivity contribution in [3.8, 4) is 10.7 Å². The van der Waals surface area contributed by atoms with Crippen LogP contribution >= 0.6 is 27.3 Å². The van der Waals surface area contributed by atoms with Crippen LogP contribution in [0, 0.1) is 5.92 Å². The predicted molar refractivity (Wildman–Crippen MR) is 76.0 cm³/mol. The van der Waals surface area contributed by atoms with Gasteiger partial charge in [0.2, 0.25) is 11.7 Å². The van der Waals surface area contributed by atoms with E-state index >= 15 is 0 Å². The first-order chi connectivity index (χ1) is 9.22. The van der Waals surface area contributed by atoms with Gasteiger partial charge in [-0.3, -0.25) is 4.79 Å². The summed E-state index contributed by atoms with van der Waals surface area (Å²) in [5.41, 5.74) is 0. The Labute approximate surface area is 123 Å². The summed E-state index contributed by atoms with van der Waals surface area (Å²) < 4.78 is 6.17. The fraction of sp³-hybridized carbons (Fsp3) is 0.462. The molecule has 0 aromatic carbocycles. The van der Waals surface area contributed by atoms with Crippen LogP contribution in [0.2, 0.25) is 0 Å². The van der Waals surface area contributed by atoms with Crippen LogP contribution in [0.15, 0.2) is 20.4 Å². The predicted octanol–water partition coefficient (Wildman–Crippen LogP) is 3.86. The van der Waals surface area contributed by atoms with Crippen LogP contribution in [0.25, 0.3) is 10.7 Å². The molecule has 1 fully saturated rings. The molecular weight excluding hydrogens is 328 g/mol. The Morgan fingerprint density at radius 2 is 2.26 bits per heavy atom. The van der Waals surface area contributed by atoms with Crippen molar-refractivity contribution < 1.29 is 9.32 Å². The number of rotatable bonds is 4. The Morgan fingerprint density at radius 1 is 1.47 bits per heavy atom. The molecule has 1 saturated carbocycles. The van der Waals surface area contributed by atoms with Gasteiger partial charge in [0.05, 0.1) is 11.3 Å². The SMILES string of the molecule is O=C(Cc1nc(-c2cc(Br)cs2)no1)C1CCCC1. The molecule has 0 atom stereocenters. The van der Waals surface area contributed by atoms with Gasteiger partial charge in [-0.25, -0.2) is 0 Å². The molecule has 0 radical (unpaired) electrons. The zero-order valence-corrected chi connectivity index (χ0v) is 12.7. The Morgan fingerprint density at radius 3 is 2.95 bits per heavy atom. The summed E-state index contributed by atoms with van der Waals surface area (Å²) in [4.78, 5) is 17.3. The number of hydrogen-bond acceptors (Lipinski definition) is 5. The van der Waals surface area contributed by atoms with E-state index in [0.717, 1.165) is 35.0 Å². The van der Waals surface area contributed by atoms with E-state index in [9.17, 15) is 4.79 Å². The summed E-state index contributed by atoms with van der Waals surface area (Å²) in [5, 5.41) is 5.90. The van der Waals surface area contributed by atoms with E-state index in [1.807, 2.05) is 11.4 Å². The molecule has 19 heavy (non-hydrogen) atoms. The first kappa shape index (κ1) is 13.0. The second-order valence-electron chi connectivity index (χ2n) is 4.77. The third kappa shape index (κ3) is 2.95. The molecule has 1 aliphatic carbocycles. The minimum atomic E-state index is 0.200. The van der Waals surface area contributed by atoms with E-state index in [2.05, 4.69) is 26.1 Å². The van der Waals surface area contributed by atoms with E-state index < -0.39 is 0 Å². The fourth-order valence-corrected chi connectivity index (χ4v) is 3.75. The van der Waals surface area contributed by atoms with Gasteiger partial charge < -0.3 is 4.52 Å². The van der Waals surface area contributed by atoms with Crippen molar-refractivity contribution in [2.24, 2.45) is 5.92 Å². The number of aromatic nitrogens is 2. The number of halogens is 1. The zero-order chi connectivity index (χ0) is 13.2. The highest BCUT2D eigenvalue weighted by Gasteiger charge is 2.24. The minimum absolute atomic E-state index is 0.200. The zero-order valence-electron chi connectivity index (χ0n) is 10.3. The quantitative estimate of drug-likeness (QED) is 0.847. The molecule has 0 N–H and O–H groups in total. The molecule has 0 unspecified atom stereocenters. The van der Waals surface area contributed by atoms with E-state index in [4.69, 9.17) is 4.52 Å². The Balaban J connectivity index is 1.69. The molecule has 6 heteroatoms. The second kappa shape index (κ2) is 5.54. The highest BCUT2D eigenvalue weighted by atomic mass is 79.9. The molecule has 4 nitrogen and oxygen atoms in total. The topological polar surface area (TPSA) is 56.0 Å². The Bertz CT molecular complexity index is 587. The van der Waals surface area contributed by atoms with Crippen molar-refractivity contribution in [2.45, 2.75) is 32.1 Å². The summed E-state index contributed by atoms with van der Waals surface area (Å²) >= 11 is 4.93. The number of carbonyl (C=O) groups is 1. The molecule has 0 spiro atoms. The van der Waals surface area contributed by atoms with Crippen LogP contribution in [0.5, 0.6) is 0 Å². The van der Waals surface area contributed by atoms with Gasteiger partial charge in [-0.1, -0.05) is 18.0 Å². The van der Waals surface area contributed by atoms with Gasteiger partial charge in [0.1, 0.15) is 5.78 Å². The number of hydrogen-bond donors (Lipinski definition) is 0. The average molecular weight is 341 g/mol. The number of Topliss-reactive ketones (excluding diaryl/α,β-unsaturated/α-hetero) is 1. The molecule has 2 aromatic rings. The number of thiophene rings is 1. The third-order valence-electron chi connectivity index (χ3n) is 3.39. The van der Waals surface area contributed by atoms with E-state index in [1.165, 1.54) is 0 Å². The fourth-order valence-electron chi connectivity index (χ4n) is 2.40. The molecule has 1 aliphatic rings. The molecule has 2 aromatic heterocycles. The van der Waals surface area contributed by atoms with Gasteiger partial charge in [-0.15, -0.1) is 11.3 Å². The van der Waals surface area contributed by atoms with Crippen LogP contribution in [0.3, 0.4) is 0 Å². The van der Waals surface area contributed by atoms with Crippen LogP contribution in [0.1, 0.15) is 31.6 Å². The lowest BCUT2D eigenvalue weighted by atomic mass is 10.0. The van der Waals surface area contributed by atoms with Gasteiger partial charge in [-0.2, -0.15) is 4.98 Å². The standard InChI is InChI=1S/C13H13BrN2O2S/c14-9-5-11(19-7-9)13-15-12(18-16-13)6-10(17)8-3-1-2-4-8/h5,7-8H,1-4,6H2. The minimum Gasteiger partial charge on any atom is -0.338 e. The van der Waals surface area contributed by atoms with Crippen LogP contribution in [0.4, 0.5) is 0 Å². The molecular formula is C13H13BrN2O2S. The van der Waals surface area contributed by atoms with Gasteiger partial charge in [-0.05, 0) is 34.8 Å². The molecule has 0 saturated heterocycles. The molecule has 2 heterocycles. The van der Waals surface area contributed by atoms with Gasteiger partial charge in [0, 0.05) is 15.8 Å². The van der Waals surface area contributed by atoms with Crippen LogP contribution in [-0.4, -0.2) is 15.9 Å². The number of ketones is 1. The maximum atomic E-state index is 12.0. The normalized spacial score (nSPS) is 16.1. The molecule has 100 valence electrons. The summed E-state index contributed by atoms with van der Waals surface area (Å²) in [7, 11) is 0. The van der Waals surface area contributed by atoms with Crippen LogP contribution < -0.4 is 0 Å². The van der Waals surface area contributed by atoms with Gasteiger partial charge in [0.25, 0.3) is 0 Å². The van der Waals surface area contributed by atoms with Crippen molar-refractivity contribution in [3.63, 3.8) is 0 Å². The highest BCUT2D eigenvalue weighted by molar-refractivity contribution is 9.10. The van der Waals surface area contributed by atoms with Crippen molar-refractivity contribution in [1.29, 1.82) is 0 Å². The van der Waals surface area contributed by atoms with Gasteiger partial charge in [0.15, 0.2) is 0 Å². The van der Waals surface area contributed by atoms with Gasteiger partial charge >= 0.3 is 0 Å². The maximum Gasteiger partial charge on any atom is 0.234 e. The van der Waals surface area contributed by atoms with Crippen molar-refractivity contribution in [3.05, 3.63) is 21.8 Å². The molecule has 0 bridgehead atoms. The lowest BCUT2D eigenvalue weighted by molar-refractivity contribution is -0.122. The number of carbonyl (C=O) groups excluding carboxylic acids is 1. The van der Waals surface area contributed by atoms with Crippen molar-refractivity contribution in [1.82, 2.24) is 10.1 Å². The van der Waals surface area contributed by atoms with E-state index in [1.54, 1.807) is 11.3 Å². The second-order valence-corrected chi connectivity index (χ2v) is 6.59. The van der Waals surface area contributed by atoms with Crippen LogP contribution in [-0.2, 0) is 11.2 Å². The Kier molecular flexibility index (Phi) is 3.79. The third-order valence-corrected chi connectivity index (χ3v) is 5.08. The first-order valence-electron chi connectivity index (χ1n) is 6.32. The van der Waals surface area contributed by atoms with Crippen molar-refractivity contribution >= 4 is 33.0 Å². The monoisotopic (exact) mass is 340 g/mol. The Hall–Kier alpha value is -1.01. The molecule has 0 aliphatic heterocycles. The lowest BCUT2D eigenvalue weighted by Gasteiger charge is -2.04. The highest BCUT2D eigenvalue weighted by Crippen LogP contribution is 2.29. The lowest BCUT2D eigenvalue weighted by Crippen LogP contribution is -2.13. The largest absolute Gasteiger partial charge is 0.338 e. The molecule has 3 rings (SSSR count).